The summed E-state index contributed by atoms with van der Waals surface area (Å²) in [6.45, 7) is 0. The molecule has 0 spiro atoms. The van der Waals surface area contributed by atoms with Crippen molar-refractivity contribution in [2.75, 3.05) is 0 Å². The maximum absolute atomic E-state index is 8.88. The first kappa shape index (κ1) is 15.6. The van der Waals surface area contributed by atoms with Crippen LogP contribution < -0.4 is 0 Å². The minimum Gasteiger partial charge on any atom is -0.412 e. The van der Waals surface area contributed by atoms with E-state index in [0.29, 0.717) is 0 Å². The molecule has 5 N–H and O–H groups in total. The van der Waals surface area contributed by atoms with Crippen LogP contribution >= 0.6 is 7.82 Å². The monoisotopic (exact) mass is 143 g/mol. The highest BCUT2D eigenvalue weighted by Crippen LogP contribution is 2.25. The number of phosphoric acid groups is 1. The molecule has 43 valence electrons. The Hall–Kier alpha value is 0.602. The van der Waals surface area contributed by atoms with Crippen molar-refractivity contribution in [3.8, 4) is 0 Å². The Labute approximate surface area is 50.7 Å². The van der Waals surface area contributed by atoms with Crippen molar-refractivity contribution in [3.05, 3.63) is 0 Å². The predicted octanol–water partition coefficient (Wildman–Crippen LogP) is -2.13. The van der Waals surface area contributed by atoms with Crippen LogP contribution in [0.25, 0.3) is 0 Å². The van der Waals surface area contributed by atoms with Gasteiger partial charge in [0, 0.05) is 17.4 Å². The fourth-order valence-electron chi connectivity index (χ4n) is 0. The molecule has 0 aliphatic rings. The first-order chi connectivity index (χ1) is 2.00. The summed E-state index contributed by atoms with van der Waals surface area (Å²) in [5.41, 5.74) is 0. The van der Waals surface area contributed by atoms with Crippen molar-refractivity contribution >= 4 is 25.2 Å². The molecule has 0 unspecified atom stereocenters. The summed E-state index contributed by atoms with van der Waals surface area (Å²) in [4.78, 5) is 21.6. The first-order valence-electron chi connectivity index (χ1n) is 0.783. The quantitative estimate of drug-likeness (QED) is 0.265. The van der Waals surface area contributed by atoms with E-state index in [1.807, 2.05) is 0 Å². The molecule has 0 bridgehead atoms. The highest BCUT2D eigenvalue weighted by Gasteiger charge is 2.00. The van der Waals surface area contributed by atoms with E-state index in [4.69, 9.17) is 19.2 Å². The number of hydrogen-bond donors (Lipinski definition) is 3. The summed E-state index contributed by atoms with van der Waals surface area (Å²) in [6.07, 6.45) is 0. The normalized spacial score (nSPS) is 8.43. The Balaban J connectivity index is -0.0000000800. The molecule has 0 aliphatic carbocycles. The van der Waals surface area contributed by atoms with Gasteiger partial charge in [-0.3, -0.25) is 0 Å². The van der Waals surface area contributed by atoms with Gasteiger partial charge in [0.2, 0.25) is 0 Å². The van der Waals surface area contributed by atoms with Gasteiger partial charge in [-0.25, -0.2) is 4.57 Å². The van der Waals surface area contributed by atoms with Crippen LogP contribution in [0.3, 0.4) is 0 Å². The Kier molecular flexibility index (Phi) is 10.6. The lowest BCUT2D eigenvalue weighted by Crippen LogP contribution is -1.66. The molecule has 0 saturated heterocycles. The molecule has 7 heavy (non-hydrogen) atoms. The maximum Gasteiger partial charge on any atom is 0.466 e. The van der Waals surface area contributed by atoms with Crippen molar-refractivity contribution in [2.45, 2.75) is 0 Å². The summed E-state index contributed by atoms with van der Waals surface area (Å²) in [5, 5.41) is 0. The van der Waals surface area contributed by atoms with E-state index in [9.17, 15) is 0 Å². The van der Waals surface area contributed by atoms with Crippen LogP contribution in [-0.2, 0) is 4.57 Å². The molecule has 0 heterocycles. The standard InChI is InChI=1S/Al.H3O4P.H2O/c;1-5(2,3)4;/h;(H3,1,2,3,4);1H2. The van der Waals surface area contributed by atoms with Crippen LogP contribution in [0.15, 0.2) is 0 Å². The smallest absolute Gasteiger partial charge is 0.412 e. The minimum absolute atomic E-state index is 0. The zero-order valence-corrected chi connectivity index (χ0v) is 5.32. The SMILES string of the molecule is O.O=P(O)(O)O.[Al]. The molecule has 0 amide bonds. The molecule has 0 fully saturated rings. The molecular weight excluding hydrogens is 138 g/mol. The lowest BCUT2D eigenvalue weighted by Gasteiger charge is -1.82. The Morgan fingerprint density at radius 3 is 1.14 bits per heavy atom. The molecule has 7 heteroatoms. The van der Waals surface area contributed by atoms with Gasteiger partial charge in [0.15, 0.2) is 0 Å². The van der Waals surface area contributed by atoms with E-state index in [0.717, 1.165) is 0 Å². The van der Waals surface area contributed by atoms with E-state index in [1.165, 1.54) is 0 Å². The number of hydrogen-bond acceptors (Lipinski definition) is 1. The van der Waals surface area contributed by atoms with Crippen molar-refractivity contribution in [1.82, 2.24) is 0 Å². The molecule has 0 aliphatic heterocycles. The maximum atomic E-state index is 8.88. The molecule has 3 radical (unpaired) electrons. The van der Waals surface area contributed by atoms with Gasteiger partial charge in [-0.2, -0.15) is 0 Å². The second kappa shape index (κ2) is 4.75. The van der Waals surface area contributed by atoms with Crippen LogP contribution in [-0.4, -0.2) is 37.5 Å². The summed E-state index contributed by atoms with van der Waals surface area (Å²) in [7, 11) is -4.64. The molecule has 0 aromatic heterocycles. The summed E-state index contributed by atoms with van der Waals surface area (Å²) in [6, 6.07) is 0. The lowest BCUT2D eigenvalue weighted by molar-refractivity contribution is 0.275. The van der Waals surface area contributed by atoms with Gasteiger partial charge in [-0.1, -0.05) is 0 Å². The van der Waals surface area contributed by atoms with Crippen molar-refractivity contribution in [1.29, 1.82) is 0 Å². The van der Waals surface area contributed by atoms with E-state index < -0.39 is 7.82 Å². The van der Waals surface area contributed by atoms with Gasteiger partial charge in [-0.05, 0) is 0 Å². The molecule has 0 aromatic carbocycles. The molecule has 0 atom stereocenters. The second-order valence-corrected chi connectivity index (χ2v) is 1.54. The van der Waals surface area contributed by atoms with E-state index >= 15 is 0 Å². The van der Waals surface area contributed by atoms with Crippen molar-refractivity contribution in [3.63, 3.8) is 0 Å². The van der Waals surface area contributed by atoms with Crippen molar-refractivity contribution in [2.24, 2.45) is 0 Å². The largest absolute Gasteiger partial charge is 0.466 e. The average molecular weight is 143 g/mol. The van der Waals surface area contributed by atoms with Gasteiger partial charge >= 0.3 is 7.82 Å². The van der Waals surface area contributed by atoms with Gasteiger partial charge < -0.3 is 20.2 Å². The van der Waals surface area contributed by atoms with Gasteiger partial charge in [-0.15, -0.1) is 0 Å². The predicted molar refractivity (Wildman–Crippen MR) is 23.6 cm³/mol. The highest BCUT2D eigenvalue weighted by atomic mass is 31.2. The Morgan fingerprint density at radius 2 is 1.14 bits per heavy atom. The molecule has 0 saturated carbocycles. The van der Waals surface area contributed by atoms with Crippen LogP contribution in [0.2, 0.25) is 0 Å². The molecule has 0 aromatic rings. The Morgan fingerprint density at radius 1 is 1.14 bits per heavy atom. The lowest BCUT2D eigenvalue weighted by atomic mass is 15.8. The van der Waals surface area contributed by atoms with E-state index in [2.05, 4.69) is 0 Å². The molecular formula is H5AlO5P. The van der Waals surface area contributed by atoms with Crippen LogP contribution in [0.4, 0.5) is 0 Å². The van der Waals surface area contributed by atoms with E-state index in [-0.39, 0.29) is 22.8 Å². The van der Waals surface area contributed by atoms with Crippen LogP contribution in [0.1, 0.15) is 0 Å². The van der Waals surface area contributed by atoms with E-state index in [1.54, 1.807) is 0 Å². The topological polar surface area (TPSA) is 109 Å². The third kappa shape index (κ3) is 385. The zero-order chi connectivity index (χ0) is 4.50. The zero-order valence-electron chi connectivity index (χ0n) is 3.27. The molecule has 0 rings (SSSR count). The fraction of sp³-hybridized carbons (Fsp3) is 0. The fourth-order valence-corrected chi connectivity index (χ4v) is 0. The van der Waals surface area contributed by atoms with Crippen molar-refractivity contribution < 1.29 is 24.7 Å². The van der Waals surface area contributed by atoms with Gasteiger partial charge in [0.05, 0.1) is 0 Å². The molecule has 5 nitrogen and oxygen atoms in total. The third-order valence-electron chi connectivity index (χ3n) is 0. The van der Waals surface area contributed by atoms with Gasteiger partial charge in [0.1, 0.15) is 0 Å². The summed E-state index contributed by atoms with van der Waals surface area (Å²) >= 11 is 0. The number of rotatable bonds is 0. The average Bonchev–Trinajstić information content (AvgIpc) is 0.722. The first-order valence-corrected chi connectivity index (χ1v) is 2.35. The third-order valence-corrected chi connectivity index (χ3v) is 0. The minimum atomic E-state index is -4.64. The van der Waals surface area contributed by atoms with Gasteiger partial charge in [0.25, 0.3) is 0 Å². The summed E-state index contributed by atoms with van der Waals surface area (Å²) < 4.78 is 8.88. The second-order valence-electron chi connectivity index (χ2n) is 0.513. The van der Waals surface area contributed by atoms with Crippen LogP contribution in [0, 0.1) is 0 Å². The van der Waals surface area contributed by atoms with Crippen LogP contribution in [0.5, 0.6) is 0 Å². The highest BCUT2D eigenvalue weighted by molar-refractivity contribution is 7.45. The Bertz CT molecular complexity index is 54.2. The summed E-state index contributed by atoms with van der Waals surface area (Å²) in [5.74, 6) is 0.